The molecular weight excluding hydrogens is 372 g/mol. The highest BCUT2D eigenvalue weighted by molar-refractivity contribution is 5.80. The molecule has 0 spiro atoms. The fourth-order valence-corrected chi connectivity index (χ4v) is 3.05. The van der Waals surface area contributed by atoms with Crippen LogP contribution in [0, 0.1) is 0 Å². The van der Waals surface area contributed by atoms with E-state index in [4.69, 9.17) is 10.5 Å². The number of hydrogen-bond donors (Lipinski definition) is 4. The van der Waals surface area contributed by atoms with Crippen LogP contribution in [0.25, 0.3) is 17.0 Å². The van der Waals surface area contributed by atoms with Crippen LogP contribution in [0.1, 0.15) is 6.23 Å². The van der Waals surface area contributed by atoms with E-state index in [1.807, 2.05) is 0 Å². The van der Waals surface area contributed by atoms with Gasteiger partial charge in [-0.05, 0) is 0 Å². The SMILES string of the molecule is CN(C=O)c1cnn(-c2nc(N)nc3c2ncn3[C@@H]2O[C@H](CO)[C@@H](O)[C@H]2O)c1. The first-order chi connectivity index (χ1) is 13.4. The van der Waals surface area contributed by atoms with Gasteiger partial charge in [0.05, 0.1) is 31.0 Å². The number of nitrogens with zero attached hydrogens (tertiary/aromatic N) is 7. The van der Waals surface area contributed by atoms with Gasteiger partial charge in [0, 0.05) is 7.05 Å². The number of rotatable bonds is 5. The Hall–Kier alpha value is -3.13. The van der Waals surface area contributed by atoms with Gasteiger partial charge in [-0.15, -0.1) is 0 Å². The van der Waals surface area contributed by atoms with E-state index in [1.54, 1.807) is 13.2 Å². The number of imidazole rings is 1. The van der Waals surface area contributed by atoms with Gasteiger partial charge >= 0.3 is 0 Å². The van der Waals surface area contributed by atoms with Gasteiger partial charge in [0.2, 0.25) is 12.4 Å². The highest BCUT2D eigenvalue weighted by Crippen LogP contribution is 2.32. The van der Waals surface area contributed by atoms with Crippen molar-refractivity contribution in [3.05, 3.63) is 18.7 Å². The van der Waals surface area contributed by atoms with Crippen LogP contribution in [0.15, 0.2) is 18.7 Å². The van der Waals surface area contributed by atoms with Crippen molar-refractivity contribution in [2.24, 2.45) is 0 Å². The summed E-state index contributed by atoms with van der Waals surface area (Å²) in [6.07, 6.45) is 0.525. The van der Waals surface area contributed by atoms with Crippen molar-refractivity contribution in [3.63, 3.8) is 0 Å². The van der Waals surface area contributed by atoms with E-state index >= 15 is 0 Å². The Morgan fingerprint density at radius 3 is 2.82 bits per heavy atom. The van der Waals surface area contributed by atoms with Crippen LogP contribution < -0.4 is 10.6 Å². The van der Waals surface area contributed by atoms with E-state index < -0.39 is 31.1 Å². The number of fused-ring (bicyclic) bond motifs is 1. The maximum Gasteiger partial charge on any atom is 0.224 e. The smallest absolute Gasteiger partial charge is 0.224 e. The number of anilines is 2. The van der Waals surface area contributed by atoms with Crippen molar-refractivity contribution < 1.29 is 24.9 Å². The zero-order valence-electron chi connectivity index (χ0n) is 14.7. The molecule has 3 aromatic heterocycles. The highest BCUT2D eigenvalue weighted by atomic mass is 16.6. The molecule has 1 saturated heterocycles. The highest BCUT2D eigenvalue weighted by Gasteiger charge is 2.44. The third-order valence-electron chi connectivity index (χ3n) is 4.56. The monoisotopic (exact) mass is 390 g/mol. The largest absolute Gasteiger partial charge is 0.394 e. The van der Waals surface area contributed by atoms with Gasteiger partial charge in [0.15, 0.2) is 23.2 Å². The normalized spacial score (nSPS) is 24.7. The lowest BCUT2D eigenvalue weighted by Gasteiger charge is -2.16. The van der Waals surface area contributed by atoms with Gasteiger partial charge in [-0.3, -0.25) is 9.36 Å². The lowest BCUT2D eigenvalue weighted by Crippen LogP contribution is -2.33. The number of nitrogen functional groups attached to an aromatic ring is 1. The number of aliphatic hydroxyl groups is 3. The number of nitrogens with two attached hydrogens (primary N) is 1. The molecule has 148 valence electrons. The van der Waals surface area contributed by atoms with Crippen molar-refractivity contribution in [2.45, 2.75) is 24.5 Å². The Balaban J connectivity index is 1.79. The predicted octanol–water partition coefficient (Wildman–Crippen LogP) is -2.20. The molecule has 0 aromatic carbocycles. The number of aromatic nitrogens is 6. The second kappa shape index (κ2) is 6.79. The molecular formula is C15H18N8O5. The van der Waals surface area contributed by atoms with Crippen LogP contribution in [0.2, 0.25) is 0 Å². The van der Waals surface area contributed by atoms with Crippen LogP contribution in [0.4, 0.5) is 11.6 Å². The summed E-state index contributed by atoms with van der Waals surface area (Å²) in [5.41, 5.74) is 6.93. The van der Waals surface area contributed by atoms with Crippen LogP contribution in [0.5, 0.6) is 0 Å². The molecule has 4 rings (SSSR count). The standard InChI is InChI=1S/C15H18N8O5/c1-21(6-25)7-2-18-23(3-7)13-9-12(19-15(16)20-13)22(5-17-9)14-11(27)10(26)8(4-24)28-14/h2-3,5-6,8,10-11,14,24,26-27H,4H2,1H3,(H2,16,19,20)/t8-,10-,11-,14-/m1/s1. The molecule has 4 heterocycles. The summed E-state index contributed by atoms with van der Waals surface area (Å²) < 4.78 is 8.33. The van der Waals surface area contributed by atoms with Crippen molar-refractivity contribution >= 4 is 29.2 Å². The molecule has 1 aliphatic heterocycles. The van der Waals surface area contributed by atoms with E-state index in [2.05, 4.69) is 20.1 Å². The average Bonchev–Trinajstić information content (AvgIpc) is 3.40. The maximum atomic E-state index is 10.9. The summed E-state index contributed by atoms with van der Waals surface area (Å²) in [6.45, 7) is -0.454. The summed E-state index contributed by atoms with van der Waals surface area (Å²) in [5.74, 6) is 0.190. The van der Waals surface area contributed by atoms with Gasteiger partial charge in [0.25, 0.3) is 0 Å². The minimum Gasteiger partial charge on any atom is -0.394 e. The van der Waals surface area contributed by atoms with Gasteiger partial charge < -0.3 is 30.7 Å². The van der Waals surface area contributed by atoms with E-state index in [-0.39, 0.29) is 17.4 Å². The number of carbonyl (C=O) groups excluding carboxylic acids is 1. The molecule has 0 radical (unpaired) electrons. The Morgan fingerprint density at radius 2 is 2.14 bits per heavy atom. The second-order valence-electron chi connectivity index (χ2n) is 6.32. The van der Waals surface area contributed by atoms with Crippen LogP contribution in [-0.4, -0.2) is 83.0 Å². The van der Waals surface area contributed by atoms with E-state index in [0.29, 0.717) is 17.6 Å². The fraction of sp³-hybridized carbons (Fsp3) is 0.400. The first-order valence-corrected chi connectivity index (χ1v) is 8.30. The minimum atomic E-state index is -1.30. The van der Waals surface area contributed by atoms with Crippen LogP contribution >= 0.6 is 0 Å². The quantitative estimate of drug-likeness (QED) is 0.349. The Bertz CT molecular complexity index is 1020. The number of amides is 1. The number of ether oxygens (including phenoxy) is 1. The van der Waals surface area contributed by atoms with Crippen molar-refractivity contribution in [1.82, 2.24) is 29.3 Å². The molecule has 0 unspecified atom stereocenters. The maximum absolute atomic E-state index is 10.9. The van der Waals surface area contributed by atoms with Crippen molar-refractivity contribution in [3.8, 4) is 5.82 Å². The zero-order chi connectivity index (χ0) is 20.0. The number of aliphatic hydroxyl groups excluding tert-OH is 3. The molecule has 0 aliphatic carbocycles. The summed E-state index contributed by atoms with van der Waals surface area (Å²) in [6, 6.07) is 0. The molecule has 1 aliphatic rings. The van der Waals surface area contributed by atoms with Crippen LogP contribution in [-0.2, 0) is 9.53 Å². The summed E-state index contributed by atoms with van der Waals surface area (Å²) >= 11 is 0. The first kappa shape index (κ1) is 18.2. The third kappa shape index (κ3) is 2.77. The van der Waals surface area contributed by atoms with Gasteiger partial charge in [-0.1, -0.05) is 0 Å². The molecule has 0 bridgehead atoms. The molecule has 1 amide bonds. The summed E-state index contributed by atoms with van der Waals surface area (Å²) in [5, 5.41) is 33.7. The van der Waals surface area contributed by atoms with Crippen LogP contribution in [0.3, 0.4) is 0 Å². The van der Waals surface area contributed by atoms with Gasteiger partial charge in [-0.25, -0.2) is 9.67 Å². The molecule has 28 heavy (non-hydrogen) atoms. The van der Waals surface area contributed by atoms with Crippen molar-refractivity contribution in [2.75, 3.05) is 24.3 Å². The lowest BCUT2D eigenvalue weighted by molar-refractivity contribution is -0.107. The minimum absolute atomic E-state index is 0.0724. The molecule has 0 saturated carbocycles. The summed E-state index contributed by atoms with van der Waals surface area (Å²) in [7, 11) is 1.58. The Labute approximate surface area is 157 Å². The Morgan fingerprint density at radius 1 is 1.36 bits per heavy atom. The molecule has 1 fully saturated rings. The third-order valence-corrected chi connectivity index (χ3v) is 4.56. The summed E-state index contributed by atoms with van der Waals surface area (Å²) in [4.78, 5) is 24.9. The second-order valence-corrected chi connectivity index (χ2v) is 6.32. The Kier molecular flexibility index (Phi) is 4.43. The predicted molar refractivity (Wildman–Crippen MR) is 94.3 cm³/mol. The van der Waals surface area contributed by atoms with Gasteiger partial charge in [-0.2, -0.15) is 15.1 Å². The first-order valence-electron chi connectivity index (χ1n) is 8.30. The molecule has 5 N–H and O–H groups in total. The van der Waals surface area contributed by atoms with Gasteiger partial charge in [0.1, 0.15) is 18.3 Å². The van der Waals surface area contributed by atoms with Crippen molar-refractivity contribution in [1.29, 1.82) is 0 Å². The topological polar surface area (TPSA) is 178 Å². The van der Waals surface area contributed by atoms with E-state index in [9.17, 15) is 20.1 Å². The fourth-order valence-electron chi connectivity index (χ4n) is 3.05. The molecule has 4 atom stereocenters. The molecule has 3 aromatic rings. The average molecular weight is 390 g/mol. The number of carbonyl (C=O) groups is 1. The molecule has 13 nitrogen and oxygen atoms in total. The zero-order valence-corrected chi connectivity index (χ0v) is 14.7. The molecule has 13 heteroatoms. The lowest BCUT2D eigenvalue weighted by atomic mass is 10.1. The van der Waals surface area contributed by atoms with E-state index in [0.717, 1.165) is 0 Å². The number of hydrogen-bond acceptors (Lipinski definition) is 10. The van der Waals surface area contributed by atoms with E-state index in [1.165, 1.54) is 26.7 Å².